The minimum absolute atomic E-state index is 0.0412. The molecule has 1 aromatic carbocycles. The van der Waals surface area contributed by atoms with Crippen molar-refractivity contribution in [3.63, 3.8) is 0 Å². The zero-order valence-electron chi connectivity index (χ0n) is 20.6. The van der Waals surface area contributed by atoms with E-state index in [9.17, 15) is 14.4 Å². The number of anilines is 3. The van der Waals surface area contributed by atoms with Gasteiger partial charge >= 0.3 is 11.9 Å². The third kappa shape index (κ3) is 5.82. The molecule has 0 bridgehead atoms. The van der Waals surface area contributed by atoms with Crippen LogP contribution in [0.1, 0.15) is 40.9 Å². The van der Waals surface area contributed by atoms with Crippen molar-refractivity contribution in [3.8, 4) is 0 Å². The van der Waals surface area contributed by atoms with E-state index in [1.165, 1.54) is 14.2 Å². The van der Waals surface area contributed by atoms with Gasteiger partial charge in [0.2, 0.25) is 5.95 Å². The number of ether oxygens (including phenoxy) is 2. The Kier molecular flexibility index (Phi) is 7.60. The van der Waals surface area contributed by atoms with Gasteiger partial charge < -0.3 is 31.2 Å². The van der Waals surface area contributed by atoms with E-state index in [1.54, 1.807) is 12.3 Å². The highest BCUT2D eigenvalue weighted by atomic mass is 16.5. The summed E-state index contributed by atoms with van der Waals surface area (Å²) >= 11 is 0. The van der Waals surface area contributed by atoms with Crippen molar-refractivity contribution in [2.24, 2.45) is 0 Å². The number of carbonyl (C=O) groups is 3. The predicted molar refractivity (Wildman–Crippen MR) is 134 cm³/mol. The lowest BCUT2D eigenvalue weighted by atomic mass is 10.1. The molecule has 0 fully saturated rings. The molecule has 1 aliphatic rings. The lowest BCUT2D eigenvalue weighted by molar-refractivity contribution is -0.144. The molecule has 1 aliphatic heterocycles. The van der Waals surface area contributed by atoms with Crippen molar-refractivity contribution in [2.75, 3.05) is 37.1 Å². The summed E-state index contributed by atoms with van der Waals surface area (Å²) in [6.45, 7) is 1.21. The first-order chi connectivity index (χ1) is 17.8. The number of benzene rings is 1. The van der Waals surface area contributed by atoms with Gasteiger partial charge in [0.05, 0.1) is 32.7 Å². The molecule has 1 unspecified atom stereocenters. The van der Waals surface area contributed by atoms with Crippen molar-refractivity contribution in [1.82, 2.24) is 25.3 Å². The van der Waals surface area contributed by atoms with Crippen molar-refractivity contribution in [3.05, 3.63) is 41.2 Å². The highest BCUT2D eigenvalue weighted by Gasteiger charge is 2.25. The fourth-order valence-corrected chi connectivity index (χ4v) is 4.22. The van der Waals surface area contributed by atoms with E-state index in [0.717, 1.165) is 24.2 Å². The van der Waals surface area contributed by atoms with Crippen LogP contribution in [0.15, 0.2) is 24.4 Å². The van der Waals surface area contributed by atoms with Gasteiger partial charge in [-0.15, -0.1) is 0 Å². The van der Waals surface area contributed by atoms with Gasteiger partial charge in [-0.3, -0.25) is 9.59 Å². The second kappa shape index (κ2) is 11.0. The first-order valence-corrected chi connectivity index (χ1v) is 11.7. The molecule has 194 valence electrons. The summed E-state index contributed by atoms with van der Waals surface area (Å²) in [6.07, 6.45) is 3.12. The minimum Gasteiger partial charge on any atom is -0.469 e. The maximum absolute atomic E-state index is 12.9. The van der Waals surface area contributed by atoms with Crippen LogP contribution in [-0.2, 0) is 32.0 Å². The van der Waals surface area contributed by atoms with Gasteiger partial charge in [0.15, 0.2) is 17.0 Å². The van der Waals surface area contributed by atoms with Crippen LogP contribution in [-0.4, -0.2) is 64.6 Å². The second-order valence-corrected chi connectivity index (χ2v) is 8.53. The number of hydrogen-bond acceptors (Lipinski definition) is 12. The molecule has 3 aromatic rings. The first-order valence-electron chi connectivity index (χ1n) is 11.7. The summed E-state index contributed by atoms with van der Waals surface area (Å²) in [5.74, 6) is -1.14. The van der Waals surface area contributed by atoms with Gasteiger partial charge in [-0.2, -0.15) is 9.97 Å². The third-order valence-electron chi connectivity index (χ3n) is 6.08. The van der Waals surface area contributed by atoms with Crippen LogP contribution in [0.5, 0.6) is 0 Å². The average Bonchev–Trinajstić information content (AvgIpc) is 3.29. The van der Waals surface area contributed by atoms with Gasteiger partial charge in [-0.1, -0.05) is 0 Å². The Morgan fingerprint density at radius 3 is 2.70 bits per heavy atom. The topological polar surface area (TPSA) is 189 Å². The molecule has 0 spiro atoms. The molecule has 0 saturated carbocycles. The Balaban J connectivity index is 1.44. The SMILES string of the molecule is COC(=O)CCCC(NC(=O)c1ccc2c(c1)CCN2Cc1cnc2nc(N)nc(N)c2n1)C(=O)OC. The zero-order chi connectivity index (χ0) is 26.5. The van der Waals surface area contributed by atoms with Gasteiger partial charge in [-0.25, -0.2) is 14.8 Å². The predicted octanol–water partition coefficient (Wildman–Crippen LogP) is 0.762. The van der Waals surface area contributed by atoms with Crippen LogP contribution in [0.25, 0.3) is 11.2 Å². The summed E-state index contributed by atoms with van der Waals surface area (Å²) in [5.41, 5.74) is 15.4. The Morgan fingerprint density at radius 1 is 1.14 bits per heavy atom. The van der Waals surface area contributed by atoms with Crippen molar-refractivity contribution in [2.45, 2.75) is 38.3 Å². The molecule has 1 atom stereocenters. The van der Waals surface area contributed by atoms with Crippen LogP contribution < -0.4 is 21.7 Å². The Labute approximate surface area is 212 Å². The van der Waals surface area contributed by atoms with Crippen LogP contribution in [0, 0.1) is 0 Å². The van der Waals surface area contributed by atoms with Crippen LogP contribution in [0.3, 0.4) is 0 Å². The van der Waals surface area contributed by atoms with Gasteiger partial charge in [0.25, 0.3) is 5.91 Å². The van der Waals surface area contributed by atoms with E-state index >= 15 is 0 Å². The van der Waals surface area contributed by atoms with Gasteiger partial charge in [-0.05, 0) is 43.0 Å². The molecular weight excluding hydrogens is 480 g/mol. The molecule has 3 heterocycles. The van der Waals surface area contributed by atoms with Crippen molar-refractivity contribution < 1.29 is 23.9 Å². The number of esters is 2. The summed E-state index contributed by atoms with van der Waals surface area (Å²) in [6, 6.07) is 4.52. The van der Waals surface area contributed by atoms with Gasteiger partial charge in [0.1, 0.15) is 6.04 Å². The van der Waals surface area contributed by atoms with Crippen molar-refractivity contribution >= 4 is 46.5 Å². The van der Waals surface area contributed by atoms with E-state index in [2.05, 4.69) is 34.9 Å². The lowest BCUT2D eigenvalue weighted by Crippen LogP contribution is -2.41. The monoisotopic (exact) mass is 508 g/mol. The van der Waals surface area contributed by atoms with Crippen LogP contribution >= 0.6 is 0 Å². The number of aromatic nitrogens is 4. The number of nitrogen functional groups attached to an aromatic ring is 2. The molecule has 0 aliphatic carbocycles. The summed E-state index contributed by atoms with van der Waals surface area (Å²) < 4.78 is 9.43. The minimum atomic E-state index is -0.870. The van der Waals surface area contributed by atoms with Gasteiger partial charge in [0, 0.05) is 24.2 Å². The normalized spacial score (nSPS) is 13.2. The zero-order valence-corrected chi connectivity index (χ0v) is 20.6. The molecule has 5 N–H and O–H groups in total. The Bertz CT molecular complexity index is 1350. The molecule has 0 radical (unpaired) electrons. The number of nitrogens with zero attached hydrogens (tertiary/aromatic N) is 5. The van der Waals surface area contributed by atoms with E-state index in [0.29, 0.717) is 35.4 Å². The summed E-state index contributed by atoms with van der Waals surface area (Å²) in [5, 5.41) is 2.71. The summed E-state index contributed by atoms with van der Waals surface area (Å²) in [4.78, 5) is 55.4. The fourth-order valence-electron chi connectivity index (χ4n) is 4.22. The van der Waals surface area contributed by atoms with Crippen molar-refractivity contribution in [1.29, 1.82) is 0 Å². The lowest BCUT2D eigenvalue weighted by Gasteiger charge is -2.19. The largest absolute Gasteiger partial charge is 0.469 e. The number of amides is 1. The standard InChI is InChI=1S/C24H28N8O5/c1-36-18(33)5-3-4-16(23(35)37-2)29-22(34)14-6-7-17-13(10-14)8-9-32(17)12-15-11-27-21-19(28-15)20(25)30-24(26)31-21/h6-7,10-11,16H,3-5,8-9,12H2,1-2H3,(H,29,34)(H4,25,26,27,30,31). The number of fused-ring (bicyclic) bond motifs is 2. The molecule has 4 rings (SSSR count). The number of rotatable bonds is 9. The maximum atomic E-state index is 12.9. The Morgan fingerprint density at radius 2 is 1.95 bits per heavy atom. The second-order valence-electron chi connectivity index (χ2n) is 8.53. The number of methoxy groups -OCH3 is 2. The molecule has 13 nitrogen and oxygen atoms in total. The highest BCUT2D eigenvalue weighted by Crippen LogP contribution is 2.30. The number of hydrogen-bond donors (Lipinski definition) is 3. The van der Waals surface area contributed by atoms with Crippen LogP contribution in [0.4, 0.5) is 17.5 Å². The molecule has 2 aromatic heterocycles. The highest BCUT2D eigenvalue weighted by molar-refractivity contribution is 5.97. The third-order valence-corrected chi connectivity index (χ3v) is 6.08. The molecule has 1 amide bonds. The van der Waals surface area contributed by atoms with E-state index in [4.69, 9.17) is 16.2 Å². The molecular formula is C24H28N8O5. The number of carbonyl (C=O) groups excluding carboxylic acids is 3. The molecule has 37 heavy (non-hydrogen) atoms. The molecule has 0 saturated heterocycles. The smallest absolute Gasteiger partial charge is 0.328 e. The summed E-state index contributed by atoms with van der Waals surface area (Å²) in [7, 11) is 2.55. The molecule has 13 heteroatoms. The van der Waals surface area contributed by atoms with E-state index in [1.807, 2.05) is 12.1 Å². The maximum Gasteiger partial charge on any atom is 0.328 e. The number of nitrogens with two attached hydrogens (primary N) is 2. The average molecular weight is 509 g/mol. The quantitative estimate of drug-likeness (QED) is 0.345. The van der Waals surface area contributed by atoms with E-state index < -0.39 is 17.9 Å². The number of nitrogens with one attached hydrogen (secondary N) is 1. The van der Waals surface area contributed by atoms with Crippen LogP contribution in [0.2, 0.25) is 0 Å². The first kappa shape index (κ1) is 25.5. The fraction of sp³-hybridized carbons (Fsp3) is 0.375. The van der Waals surface area contributed by atoms with E-state index in [-0.39, 0.29) is 30.6 Å². The Hall–Kier alpha value is -4.55.